The van der Waals surface area contributed by atoms with Crippen molar-refractivity contribution in [2.45, 2.75) is 51.2 Å². The lowest BCUT2D eigenvalue weighted by atomic mass is 10.0. The number of primary amides is 1. The summed E-state index contributed by atoms with van der Waals surface area (Å²) in [6.07, 6.45) is -0.594. The van der Waals surface area contributed by atoms with Crippen LogP contribution in [-0.2, 0) is 34.0 Å². The molecule has 39 heavy (non-hydrogen) atoms. The van der Waals surface area contributed by atoms with Gasteiger partial charge in [-0.05, 0) is 28.8 Å². The number of ether oxygens (including phenoxy) is 2. The van der Waals surface area contributed by atoms with Crippen LogP contribution in [0.5, 0.6) is 11.5 Å². The molecule has 1 saturated heterocycles. The van der Waals surface area contributed by atoms with Crippen LogP contribution in [0.4, 0.5) is 0 Å². The Kier molecular flexibility index (Phi) is 9.17. The number of nitrogens with zero attached hydrogens (tertiary/aromatic N) is 1. The summed E-state index contributed by atoms with van der Waals surface area (Å²) >= 11 is 0. The fraction of sp³-hybridized carbons (Fsp3) is 0.300. The highest BCUT2D eigenvalue weighted by Crippen LogP contribution is 2.31. The van der Waals surface area contributed by atoms with Gasteiger partial charge in [0.2, 0.25) is 17.7 Å². The summed E-state index contributed by atoms with van der Waals surface area (Å²) in [7, 11) is 0. The van der Waals surface area contributed by atoms with Crippen LogP contribution >= 0.6 is 0 Å². The van der Waals surface area contributed by atoms with Crippen molar-refractivity contribution in [3.63, 3.8) is 0 Å². The predicted molar refractivity (Wildman–Crippen MR) is 145 cm³/mol. The first-order valence-electron chi connectivity index (χ1n) is 12.8. The maximum absolute atomic E-state index is 12.9. The molecule has 3 aromatic rings. The molecule has 1 heterocycles. The summed E-state index contributed by atoms with van der Waals surface area (Å²) in [5.74, 6) is -0.547. The molecule has 9 nitrogen and oxygen atoms in total. The van der Waals surface area contributed by atoms with Gasteiger partial charge in [-0.1, -0.05) is 66.7 Å². The van der Waals surface area contributed by atoms with Crippen LogP contribution in [0.15, 0.2) is 78.9 Å². The minimum absolute atomic E-state index is 0.0706. The number of benzene rings is 3. The zero-order valence-electron chi connectivity index (χ0n) is 21.8. The van der Waals surface area contributed by atoms with Crippen LogP contribution in [0, 0.1) is 0 Å². The molecular formula is C30H33N3O6. The van der Waals surface area contributed by atoms with E-state index in [1.807, 2.05) is 60.7 Å². The third-order valence-electron chi connectivity index (χ3n) is 6.57. The molecule has 3 atom stereocenters. The summed E-state index contributed by atoms with van der Waals surface area (Å²) in [4.78, 5) is 38.4. The van der Waals surface area contributed by atoms with Crippen molar-refractivity contribution in [2.24, 2.45) is 5.73 Å². The quantitative estimate of drug-likeness (QED) is 0.348. The summed E-state index contributed by atoms with van der Waals surface area (Å²) in [6, 6.07) is 22.9. The Bertz CT molecular complexity index is 1280. The Labute approximate surface area is 227 Å². The zero-order valence-corrected chi connectivity index (χ0v) is 21.8. The van der Waals surface area contributed by atoms with Gasteiger partial charge in [0.05, 0.1) is 6.10 Å². The molecule has 0 saturated carbocycles. The van der Waals surface area contributed by atoms with Crippen LogP contribution in [-0.4, -0.2) is 52.5 Å². The van der Waals surface area contributed by atoms with Gasteiger partial charge in [-0.3, -0.25) is 14.4 Å². The van der Waals surface area contributed by atoms with E-state index in [9.17, 15) is 19.5 Å². The van der Waals surface area contributed by atoms with Gasteiger partial charge in [0.15, 0.2) is 11.5 Å². The van der Waals surface area contributed by atoms with E-state index < -0.39 is 30.0 Å². The molecule has 9 heteroatoms. The second-order valence-corrected chi connectivity index (χ2v) is 9.57. The first-order chi connectivity index (χ1) is 18.8. The van der Waals surface area contributed by atoms with Crippen molar-refractivity contribution >= 4 is 17.7 Å². The van der Waals surface area contributed by atoms with Crippen molar-refractivity contribution in [1.29, 1.82) is 0 Å². The number of likely N-dealkylation sites (tertiary alicyclic amines) is 1. The van der Waals surface area contributed by atoms with Gasteiger partial charge in [0.25, 0.3) is 0 Å². The molecule has 1 aliphatic heterocycles. The molecule has 0 radical (unpaired) electrons. The number of aliphatic hydroxyl groups is 1. The van der Waals surface area contributed by atoms with Crippen LogP contribution in [0.3, 0.4) is 0 Å². The Morgan fingerprint density at radius 2 is 1.51 bits per heavy atom. The normalized spacial score (nSPS) is 17.3. The number of hydrogen-bond donors (Lipinski definition) is 3. The van der Waals surface area contributed by atoms with Gasteiger partial charge in [-0.15, -0.1) is 0 Å². The topological polar surface area (TPSA) is 131 Å². The first-order valence-corrected chi connectivity index (χ1v) is 12.8. The molecule has 0 bridgehead atoms. The number of hydrogen-bond acceptors (Lipinski definition) is 6. The summed E-state index contributed by atoms with van der Waals surface area (Å²) < 4.78 is 12.2. The highest BCUT2D eigenvalue weighted by molar-refractivity contribution is 5.91. The monoisotopic (exact) mass is 531 g/mol. The van der Waals surface area contributed by atoms with Gasteiger partial charge in [-0.25, -0.2) is 0 Å². The SMILES string of the molecule is CC(=O)N1C[C@H](O)C[C@H]1C(=O)N[C@H](Cc1ccc(OCc2ccccc2)c(OCc2ccccc2)c1)C(N)=O. The Morgan fingerprint density at radius 1 is 0.923 bits per heavy atom. The molecule has 1 fully saturated rings. The van der Waals surface area contributed by atoms with E-state index in [-0.39, 0.29) is 25.3 Å². The van der Waals surface area contributed by atoms with E-state index in [2.05, 4.69) is 5.32 Å². The smallest absolute Gasteiger partial charge is 0.243 e. The largest absolute Gasteiger partial charge is 0.485 e. The van der Waals surface area contributed by atoms with Crippen molar-refractivity contribution in [1.82, 2.24) is 10.2 Å². The number of carbonyl (C=O) groups excluding carboxylic acids is 3. The van der Waals surface area contributed by atoms with Crippen LogP contribution in [0.1, 0.15) is 30.0 Å². The van der Waals surface area contributed by atoms with Crippen molar-refractivity contribution in [3.8, 4) is 11.5 Å². The van der Waals surface area contributed by atoms with Crippen molar-refractivity contribution in [2.75, 3.05) is 6.54 Å². The molecular weight excluding hydrogens is 498 g/mol. The van der Waals surface area contributed by atoms with E-state index in [4.69, 9.17) is 15.2 Å². The number of nitrogens with two attached hydrogens (primary N) is 1. The third kappa shape index (κ3) is 7.58. The standard InChI is InChI=1S/C30H33N3O6/c1-20(34)33-17-24(35)16-26(33)30(37)32-25(29(31)36)14-23-12-13-27(38-18-21-8-4-2-5-9-21)28(15-23)39-19-22-10-6-3-7-11-22/h2-13,15,24-26,35H,14,16-19H2,1H3,(H2,31,36)(H,32,37)/t24-,25-,26+/m1/s1. The van der Waals surface area contributed by atoms with E-state index >= 15 is 0 Å². The van der Waals surface area contributed by atoms with E-state index in [1.165, 1.54) is 11.8 Å². The molecule has 0 aliphatic carbocycles. The molecule has 0 spiro atoms. The van der Waals surface area contributed by atoms with Crippen LogP contribution in [0.2, 0.25) is 0 Å². The van der Waals surface area contributed by atoms with Gasteiger partial charge < -0.3 is 30.5 Å². The highest BCUT2D eigenvalue weighted by atomic mass is 16.5. The van der Waals surface area contributed by atoms with Gasteiger partial charge in [0, 0.05) is 26.3 Å². The average Bonchev–Trinajstić information content (AvgIpc) is 3.34. The number of nitrogens with one attached hydrogen (secondary N) is 1. The maximum atomic E-state index is 12.9. The Morgan fingerprint density at radius 3 is 2.08 bits per heavy atom. The molecule has 3 aromatic carbocycles. The number of aliphatic hydroxyl groups excluding tert-OH is 1. The first kappa shape index (κ1) is 27.7. The number of rotatable bonds is 11. The van der Waals surface area contributed by atoms with Crippen molar-refractivity contribution < 1.29 is 29.0 Å². The fourth-order valence-corrected chi connectivity index (χ4v) is 4.52. The van der Waals surface area contributed by atoms with E-state index in [1.54, 1.807) is 18.2 Å². The lowest BCUT2D eigenvalue weighted by Crippen LogP contribution is -2.52. The summed E-state index contributed by atoms with van der Waals surface area (Å²) in [5, 5.41) is 12.6. The minimum atomic E-state index is -1.03. The van der Waals surface area contributed by atoms with Gasteiger partial charge >= 0.3 is 0 Å². The van der Waals surface area contributed by atoms with Crippen LogP contribution < -0.4 is 20.5 Å². The second kappa shape index (κ2) is 12.9. The zero-order chi connectivity index (χ0) is 27.8. The summed E-state index contributed by atoms with van der Waals surface area (Å²) in [5.41, 5.74) is 8.31. The Hall–Kier alpha value is -4.37. The molecule has 1 aliphatic rings. The molecule has 4 rings (SSSR count). The van der Waals surface area contributed by atoms with E-state index in [0.717, 1.165) is 11.1 Å². The lowest BCUT2D eigenvalue weighted by Gasteiger charge is -2.24. The number of β-amino-alcohol motifs (C(OH)–C–C–N with tert-alkyl or cyclic N) is 1. The maximum Gasteiger partial charge on any atom is 0.243 e. The Balaban J connectivity index is 1.50. The number of amides is 3. The molecule has 3 amide bonds. The average molecular weight is 532 g/mol. The lowest BCUT2D eigenvalue weighted by molar-refractivity contribution is -0.138. The molecule has 204 valence electrons. The predicted octanol–water partition coefficient (Wildman–Crippen LogP) is 2.34. The van der Waals surface area contributed by atoms with E-state index in [0.29, 0.717) is 30.3 Å². The van der Waals surface area contributed by atoms with Crippen molar-refractivity contribution in [3.05, 3.63) is 95.6 Å². The molecule has 0 aromatic heterocycles. The molecule has 0 unspecified atom stereocenters. The van der Waals surface area contributed by atoms with Gasteiger partial charge in [0.1, 0.15) is 25.3 Å². The summed E-state index contributed by atoms with van der Waals surface area (Å²) in [6.45, 7) is 2.07. The van der Waals surface area contributed by atoms with Gasteiger partial charge in [-0.2, -0.15) is 0 Å². The molecule has 4 N–H and O–H groups in total. The highest BCUT2D eigenvalue weighted by Gasteiger charge is 2.38. The minimum Gasteiger partial charge on any atom is -0.485 e. The van der Waals surface area contributed by atoms with Crippen LogP contribution in [0.25, 0.3) is 0 Å². The fourth-order valence-electron chi connectivity index (χ4n) is 4.52. The second-order valence-electron chi connectivity index (χ2n) is 9.57. The third-order valence-corrected chi connectivity index (χ3v) is 6.57. The number of carbonyl (C=O) groups is 3.